The third-order valence-electron chi connectivity index (χ3n) is 4.49. The molecule has 146 valence electrons. The minimum absolute atomic E-state index is 0.515. The van der Waals surface area contributed by atoms with E-state index in [1.165, 1.54) is 11.1 Å². The molecule has 0 saturated carbocycles. The second-order valence-electron chi connectivity index (χ2n) is 6.50. The largest absolute Gasteiger partial charge is 0.493 e. The lowest BCUT2D eigenvalue weighted by Crippen LogP contribution is -2.04. The summed E-state index contributed by atoms with van der Waals surface area (Å²) >= 11 is 0. The summed E-state index contributed by atoms with van der Waals surface area (Å²) < 4.78 is 10.6. The molecule has 6 nitrogen and oxygen atoms in total. The molecule has 0 bridgehead atoms. The van der Waals surface area contributed by atoms with E-state index < -0.39 is 0 Å². The van der Waals surface area contributed by atoms with Gasteiger partial charge in [-0.3, -0.25) is 0 Å². The average Bonchev–Trinajstić information content (AvgIpc) is 2.69. The van der Waals surface area contributed by atoms with Gasteiger partial charge in [-0.2, -0.15) is 4.98 Å². The molecule has 0 aliphatic carbocycles. The summed E-state index contributed by atoms with van der Waals surface area (Å²) in [7, 11) is 3.23. The summed E-state index contributed by atoms with van der Waals surface area (Å²) in [6, 6.07) is 13.8. The fraction of sp³-hybridized carbons (Fsp3) is 0.273. The van der Waals surface area contributed by atoms with E-state index in [9.17, 15) is 0 Å². The lowest BCUT2D eigenvalue weighted by Gasteiger charge is -2.15. The van der Waals surface area contributed by atoms with Crippen LogP contribution in [-0.2, 0) is 6.42 Å². The summed E-state index contributed by atoms with van der Waals surface area (Å²) in [4.78, 5) is 9.13. The molecular formula is C22H26N4O2. The Kier molecular flexibility index (Phi) is 5.99. The number of nitrogens with zero attached hydrogens (tertiary/aromatic N) is 2. The number of benzene rings is 2. The molecule has 0 amide bonds. The fourth-order valence-electron chi connectivity index (χ4n) is 3.06. The number of aromatic nitrogens is 2. The number of hydrogen-bond donors (Lipinski definition) is 2. The first-order valence-corrected chi connectivity index (χ1v) is 9.24. The summed E-state index contributed by atoms with van der Waals surface area (Å²) in [6.07, 6.45) is 0.949. The van der Waals surface area contributed by atoms with Crippen molar-refractivity contribution >= 4 is 23.1 Å². The molecule has 0 aliphatic heterocycles. The molecule has 0 saturated heterocycles. The number of ether oxygens (including phenoxy) is 2. The van der Waals surface area contributed by atoms with Crippen LogP contribution in [0.1, 0.15) is 23.7 Å². The molecule has 0 radical (unpaired) electrons. The number of nitrogens with one attached hydrogen (secondary N) is 2. The van der Waals surface area contributed by atoms with E-state index in [4.69, 9.17) is 9.47 Å². The molecule has 3 aromatic rings. The lowest BCUT2D eigenvalue weighted by atomic mass is 10.1. The van der Waals surface area contributed by atoms with Crippen LogP contribution >= 0.6 is 0 Å². The van der Waals surface area contributed by atoms with Crippen LogP contribution in [0.15, 0.2) is 42.5 Å². The fourth-order valence-corrected chi connectivity index (χ4v) is 3.06. The van der Waals surface area contributed by atoms with E-state index in [-0.39, 0.29) is 0 Å². The number of para-hydroxylation sites is 1. The van der Waals surface area contributed by atoms with Crippen molar-refractivity contribution in [2.75, 3.05) is 24.9 Å². The molecule has 0 unspecified atom stereocenters. The smallest absolute Gasteiger partial charge is 0.229 e. The predicted molar refractivity (Wildman–Crippen MR) is 113 cm³/mol. The average molecular weight is 378 g/mol. The predicted octanol–water partition coefficient (Wildman–Crippen LogP) is 5.16. The molecule has 2 N–H and O–H groups in total. The van der Waals surface area contributed by atoms with Gasteiger partial charge < -0.3 is 20.1 Å². The second kappa shape index (κ2) is 8.61. The zero-order valence-corrected chi connectivity index (χ0v) is 17.0. The lowest BCUT2D eigenvalue weighted by molar-refractivity contribution is 0.355. The highest BCUT2D eigenvalue weighted by molar-refractivity contribution is 5.66. The van der Waals surface area contributed by atoms with Crippen LogP contribution in [-0.4, -0.2) is 24.2 Å². The van der Waals surface area contributed by atoms with Crippen molar-refractivity contribution in [3.8, 4) is 11.5 Å². The van der Waals surface area contributed by atoms with Gasteiger partial charge in [0.2, 0.25) is 5.95 Å². The minimum atomic E-state index is 0.515. The first-order chi connectivity index (χ1) is 13.5. The topological polar surface area (TPSA) is 68.3 Å². The number of hydrogen-bond acceptors (Lipinski definition) is 6. The molecule has 2 aromatic carbocycles. The number of anilines is 4. The van der Waals surface area contributed by atoms with Crippen molar-refractivity contribution in [2.45, 2.75) is 27.2 Å². The van der Waals surface area contributed by atoms with Crippen LogP contribution in [0.25, 0.3) is 0 Å². The summed E-state index contributed by atoms with van der Waals surface area (Å²) in [5, 5.41) is 6.71. The summed E-state index contributed by atoms with van der Waals surface area (Å²) in [5.74, 6) is 2.58. The molecule has 0 spiro atoms. The summed E-state index contributed by atoms with van der Waals surface area (Å²) in [5.41, 5.74) is 5.22. The van der Waals surface area contributed by atoms with E-state index in [0.717, 1.165) is 29.3 Å². The maximum absolute atomic E-state index is 5.36. The van der Waals surface area contributed by atoms with Crippen molar-refractivity contribution in [2.24, 2.45) is 0 Å². The Balaban J connectivity index is 1.88. The first-order valence-electron chi connectivity index (χ1n) is 9.24. The SMILES string of the molecule is CCc1cccc(C)c1Nc1cc(C)nc(Nc2ccc(OC)c(OC)c2)n1. The number of rotatable bonds is 7. The van der Waals surface area contributed by atoms with E-state index in [2.05, 4.69) is 52.6 Å². The van der Waals surface area contributed by atoms with E-state index >= 15 is 0 Å². The third kappa shape index (κ3) is 4.34. The Hall–Kier alpha value is -3.28. The van der Waals surface area contributed by atoms with Crippen LogP contribution < -0.4 is 20.1 Å². The molecule has 0 aliphatic rings. The Bertz CT molecular complexity index is 973. The Morgan fingerprint density at radius 2 is 1.68 bits per heavy atom. The van der Waals surface area contributed by atoms with Crippen LogP contribution in [0.4, 0.5) is 23.1 Å². The standard InChI is InChI=1S/C22H26N4O2/c1-6-16-9-7-8-14(2)21(16)25-20-12-15(3)23-22(26-20)24-17-10-11-18(27-4)19(13-17)28-5/h7-13H,6H2,1-5H3,(H2,23,24,25,26). The van der Waals surface area contributed by atoms with Gasteiger partial charge >= 0.3 is 0 Å². The zero-order chi connectivity index (χ0) is 20.1. The molecule has 1 aromatic heterocycles. The van der Waals surface area contributed by atoms with Gasteiger partial charge in [-0.1, -0.05) is 25.1 Å². The normalized spacial score (nSPS) is 10.5. The van der Waals surface area contributed by atoms with Gasteiger partial charge in [0.15, 0.2) is 11.5 Å². The Morgan fingerprint density at radius 1 is 0.893 bits per heavy atom. The highest BCUT2D eigenvalue weighted by Crippen LogP contribution is 2.31. The van der Waals surface area contributed by atoms with Crippen LogP contribution in [0.3, 0.4) is 0 Å². The van der Waals surface area contributed by atoms with Gasteiger partial charge in [0.1, 0.15) is 5.82 Å². The van der Waals surface area contributed by atoms with Crippen LogP contribution in [0.2, 0.25) is 0 Å². The quantitative estimate of drug-likeness (QED) is 0.592. The molecule has 3 rings (SSSR count). The summed E-state index contributed by atoms with van der Waals surface area (Å²) in [6.45, 7) is 6.19. The van der Waals surface area contributed by atoms with E-state index in [1.807, 2.05) is 31.2 Å². The van der Waals surface area contributed by atoms with E-state index in [1.54, 1.807) is 14.2 Å². The van der Waals surface area contributed by atoms with Gasteiger partial charge in [0.25, 0.3) is 0 Å². The van der Waals surface area contributed by atoms with Crippen molar-refractivity contribution in [1.29, 1.82) is 0 Å². The van der Waals surface area contributed by atoms with Crippen LogP contribution in [0, 0.1) is 13.8 Å². The van der Waals surface area contributed by atoms with Gasteiger partial charge in [-0.25, -0.2) is 4.98 Å². The monoisotopic (exact) mass is 378 g/mol. The van der Waals surface area contributed by atoms with Crippen LogP contribution in [0.5, 0.6) is 11.5 Å². The molecule has 6 heteroatoms. The second-order valence-corrected chi connectivity index (χ2v) is 6.50. The maximum Gasteiger partial charge on any atom is 0.229 e. The first kappa shape index (κ1) is 19.5. The zero-order valence-electron chi connectivity index (χ0n) is 17.0. The van der Waals surface area contributed by atoms with Gasteiger partial charge in [-0.05, 0) is 43.5 Å². The highest BCUT2D eigenvalue weighted by atomic mass is 16.5. The Labute approximate surface area is 166 Å². The van der Waals surface area contributed by atoms with Gasteiger partial charge in [0.05, 0.1) is 14.2 Å². The number of methoxy groups -OCH3 is 2. The minimum Gasteiger partial charge on any atom is -0.493 e. The van der Waals surface area contributed by atoms with Gasteiger partial charge in [0, 0.05) is 29.2 Å². The molecule has 28 heavy (non-hydrogen) atoms. The number of aryl methyl sites for hydroxylation is 3. The van der Waals surface area contributed by atoms with Crippen molar-refractivity contribution in [1.82, 2.24) is 9.97 Å². The molecular weight excluding hydrogens is 352 g/mol. The van der Waals surface area contributed by atoms with Crippen molar-refractivity contribution < 1.29 is 9.47 Å². The third-order valence-corrected chi connectivity index (χ3v) is 4.49. The van der Waals surface area contributed by atoms with Crippen molar-refractivity contribution in [3.63, 3.8) is 0 Å². The molecule has 0 fully saturated rings. The van der Waals surface area contributed by atoms with Gasteiger partial charge in [-0.15, -0.1) is 0 Å². The molecule has 1 heterocycles. The Morgan fingerprint density at radius 3 is 2.39 bits per heavy atom. The highest BCUT2D eigenvalue weighted by Gasteiger charge is 2.09. The molecule has 0 atom stereocenters. The van der Waals surface area contributed by atoms with Crippen molar-refractivity contribution in [3.05, 3.63) is 59.3 Å². The van der Waals surface area contributed by atoms with E-state index in [0.29, 0.717) is 17.4 Å². The maximum atomic E-state index is 5.36.